The van der Waals surface area contributed by atoms with Gasteiger partial charge in [-0.05, 0) is 18.9 Å². The molecule has 0 aliphatic heterocycles. The van der Waals surface area contributed by atoms with E-state index in [2.05, 4.69) is 16.6 Å². The minimum atomic E-state index is -0.191. The molecule has 13 heavy (non-hydrogen) atoms. The van der Waals surface area contributed by atoms with Crippen molar-refractivity contribution in [2.75, 3.05) is 7.11 Å². The largest absolute Gasteiger partial charge is 0.469 e. The molecule has 1 N–H and O–H groups in total. The van der Waals surface area contributed by atoms with Crippen LogP contribution in [0.15, 0.2) is 12.7 Å². The Bertz CT molecular complexity index is 231. The maximum Gasteiger partial charge on any atom is 0.308 e. The van der Waals surface area contributed by atoms with Crippen LogP contribution in [0, 0.1) is 5.92 Å². The van der Waals surface area contributed by atoms with Gasteiger partial charge in [-0.25, -0.2) is 0 Å². The summed E-state index contributed by atoms with van der Waals surface area (Å²) in [5.41, 5.74) is 0. The summed E-state index contributed by atoms with van der Waals surface area (Å²) in [6.45, 7) is 3.34. The Hall–Kier alpha value is -1.32. The lowest BCUT2D eigenvalue weighted by Gasteiger charge is -2.33. The van der Waals surface area contributed by atoms with E-state index in [-0.39, 0.29) is 23.8 Å². The second-order valence-corrected chi connectivity index (χ2v) is 3.10. The van der Waals surface area contributed by atoms with E-state index in [9.17, 15) is 9.59 Å². The average molecular weight is 183 g/mol. The number of nitrogens with one attached hydrogen (secondary N) is 1. The molecular formula is C9H13NO3. The zero-order valence-corrected chi connectivity index (χ0v) is 7.58. The van der Waals surface area contributed by atoms with Crippen LogP contribution in [-0.4, -0.2) is 25.0 Å². The molecule has 4 heteroatoms. The Balaban J connectivity index is 2.22. The van der Waals surface area contributed by atoms with Crippen LogP contribution in [0.1, 0.15) is 12.8 Å². The van der Waals surface area contributed by atoms with Crippen LogP contribution in [0.4, 0.5) is 0 Å². The van der Waals surface area contributed by atoms with Crippen molar-refractivity contribution in [1.82, 2.24) is 5.32 Å². The van der Waals surface area contributed by atoms with Gasteiger partial charge in [0, 0.05) is 6.04 Å². The van der Waals surface area contributed by atoms with Gasteiger partial charge < -0.3 is 10.1 Å². The summed E-state index contributed by atoms with van der Waals surface area (Å²) >= 11 is 0. The van der Waals surface area contributed by atoms with E-state index in [0.717, 1.165) is 0 Å². The summed E-state index contributed by atoms with van der Waals surface area (Å²) in [6, 6.07) is 0.106. The third-order valence-electron chi connectivity index (χ3n) is 2.20. The number of hydrogen-bond acceptors (Lipinski definition) is 3. The quantitative estimate of drug-likeness (QED) is 0.503. The van der Waals surface area contributed by atoms with E-state index in [1.165, 1.54) is 13.2 Å². The van der Waals surface area contributed by atoms with Crippen molar-refractivity contribution < 1.29 is 14.3 Å². The Morgan fingerprint density at radius 3 is 2.62 bits per heavy atom. The van der Waals surface area contributed by atoms with E-state index >= 15 is 0 Å². The van der Waals surface area contributed by atoms with Gasteiger partial charge in [0.05, 0.1) is 13.0 Å². The summed E-state index contributed by atoms with van der Waals surface area (Å²) in [6.07, 6.45) is 2.57. The molecule has 4 nitrogen and oxygen atoms in total. The molecule has 1 amide bonds. The molecule has 0 aromatic carbocycles. The van der Waals surface area contributed by atoms with E-state index in [4.69, 9.17) is 0 Å². The molecule has 0 unspecified atom stereocenters. The molecular weight excluding hydrogens is 170 g/mol. The smallest absolute Gasteiger partial charge is 0.308 e. The van der Waals surface area contributed by atoms with Crippen LogP contribution in [0.25, 0.3) is 0 Å². The van der Waals surface area contributed by atoms with Crippen molar-refractivity contribution in [2.45, 2.75) is 18.9 Å². The van der Waals surface area contributed by atoms with Crippen molar-refractivity contribution in [3.05, 3.63) is 12.7 Å². The van der Waals surface area contributed by atoms with E-state index < -0.39 is 0 Å². The van der Waals surface area contributed by atoms with Crippen molar-refractivity contribution in [3.63, 3.8) is 0 Å². The lowest BCUT2D eigenvalue weighted by Crippen LogP contribution is -2.46. The Morgan fingerprint density at radius 2 is 2.15 bits per heavy atom. The Morgan fingerprint density at radius 1 is 1.54 bits per heavy atom. The van der Waals surface area contributed by atoms with Crippen molar-refractivity contribution in [3.8, 4) is 0 Å². The van der Waals surface area contributed by atoms with Crippen LogP contribution in [0.2, 0.25) is 0 Å². The molecule has 0 spiro atoms. The minimum absolute atomic E-state index is 0.0416. The second-order valence-electron chi connectivity index (χ2n) is 3.10. The minimum Gasteiger partial charge on any atom is -0.469 e. The Labute approximate surface area is 76.9 Å². The van der Waals surface area contributed by atoms with Crippen LogP contribution in [-0.2, 0) is 14.3 Å². The molecule has 0 saturated heterocycles. The zero-order valence-electron chi connectivity index (χ0n) is 7.58. The van der Waals surface area contributed by atoms with Gasteiger partial charge in [0.15, 0.2) is 0 Å². The first-order chi connectivity index (χ1) is 6.17. The number of esters is 1. The maximum absolute atomic E-state index is 10.9. The molecule has 1 fully saturated rings. The van der Waals surface area contributed by atoms with Crippen LogP contribution >= 0.6 is 0 Å². The van der Waals surface area contributed by atoms with Crippen LogP contribution < -0.4 is 5.32 Å². The molecule has 0 radical (unpaired) electrons. The molecule has 1 rings (SSSR count). The highest BCUT2D eigenvalue weighted by Gasteiger charge is 2.35. The van der Waals surface area contributed by atoms with Gasteiger partial charge in [-0.2, -0.15) is 0 Å². The summed E-state index contributed by atoms with van der Waals surface area (Å²) < 4.78 is 4.56. The first kappa shape index (κ1) is 9.77. The summed E-state index contributed by atoms with van der Waals surface area (Å²) in [4.78, 5) is 21.8. The molecule has 1 saturated carbocycles. The normalized spacial score (nSPS) is 25.6. The number of ether oxygens (including phenoxy) is 1. The fourth-order valence-electron chi connectivity index (χ4n) is 1.35. The third-order valence-corrected chi connectivity index (χ3v) is 2.20. The molecule has 72 valence electrons. The lowest BCUT2D eigenvalue weighted by molar-refractivity contribution is -0.149. The van der Waals surface area contributed by atoms with Gasteiger partial charge in [0.25, 0.3) is 0 Å². The molecule has 1 aliphatic carbocycles. The highest BCUT2D eigenvalue weighted by atomic mass is 16.5. The number of rotatable bonds is 3. The third kappa shape index (κ3) is 2.31. The van der Waals surface area contributed by atoms with Crippen molar-refractivity contribution >= 4 is 11.9 Å². The maximum atomic E-state index is 10.9. The number of carbonyl (C=O) groups is 2. The number of amides is 1. The predicted molar refractivity (Wildman–Crippen MR) is 46.9 cm³/mol. The number of hydrogen-bond donors (Lipinski definition) is 1. The van der Waals surface area contributed by atoms with Gasteiger partial charge in [-0.15, -0.1) is 0 Å². The summed E-state index contributed by atoms with van der Waals surface area (Å²) in [7, 11) is 1.37. The summed E-state index contributed by atoms with van der Waals surface area (Å²) in [5.74, 6) is -0.419. The van der Waals surface area contributed by atoms with Gasteiger partial charge in [0.1, 0.15) is 0 Å². The zero-order chi connectivity index (χ0) is 9.84. The first-order valence-corrected chi connectivity index (χ1v) is 4.18. The molecule has 0 atom stereocenters. The molecule has 0 bridgehead atoms. The molecule has 0 aromatic rings. The van der Waals surface area contributed by atoms with Gasteiger partial charge in [0.2, 0.25) is 5.91 Å². The van der Waals surface area contributed by atoms with Crippen LogP contribution in [0.3, 0.4) is 0 Å². The molecule has 1 aliphatic rings. The number of carbonyl (C=O) groups excluding carboxylic acids is 2. The lowest BCUT2D eigenvalue weighted by atomic mass is 9.80. The molecule has 0 aromatic heterocycles. The summed E-state index contributed by atoms with van der Waals surface area (Å²) in [5, 5.41) is 2.71. The highest BCUT2D eigenvalue weighted by molar-refractivity contribution is 5.87. The topological polar surface area (TPSA) is 55.4 Å². The fourth-order valence-corrected chi connectivity index (χ4v) is 1.35. The fraction of sp³-hybridized carbons (Fsp3) is 0.556. The average Bonchev–Trinajstić information content (AvgIpc) is 2.08. The van der Waals surface area contributed by atoms with Gasteiger partial charge in [-0.3, -0.25) is 9.59 Å². The number of methoxy groups -OCH3 is 1. The highest BCUT2D eigenvalue weighted by Crippen LogP contribution is 2.28. The van der Waals surface area contributed by atoms with Gasteiger partial charge >= 0.3 is 5.97 Å². The Kier molecular flexibility index (Phi) is 3.06. The van der Waals surface area contributed by atoms with Gasteiger partial charge in [-0.1, -0.05) is 6.58 Å². The monoisotopic (exact) mass is 183 g/mol. The van der Waals surface area contributed by atoms with E-state index in [1.807, 2.05) is 0 Å². The van der Waals surface area contributed by atoms with Crippen molar-refractivity contribution in [2.24, 2.45) is 5.92 Å². The SMILES string of the molecule is C=CC(=O)NC1CC(C(=O)OC)C1. The van der Waals surface area contributed by atoms with Crippen molar-refractivity contribution in [1.29, 1.82) is 0 Å². The second kappa shape index (κ2) is 4.07. The van der Waals surface area contributed by atoms with E-state index in [1.54, 1.807) is 0 Å². The standard InChI is InChI=1S/C9H13NO3/c1-3-8(11)10-7-4-6(5-7)9(12)13-2/h3,6-7H,1,4-5H2,2H3,(H,10,11). The van der Waals surface area contributed by atoms with E-state index in [0.29, 0.717) is 12.8 Å². The first-order valence-electron chi connectivity index (χ1n) is 4.18. The van der Waals surface area contributed by atoms with Crippen LogP contribution in [0.5, 0.6) is 0 Å². The predicted octanol–water partition coefficient (Wildman–Crippen LogP) is 0.240. The molecule has 0 heterocycles.